The largest absolute Gasteiger partial charge is 0.293 e. The Bertz CT molecular complexity index is 1690. The van der Waals surface area contributed by atoms with Gasteiger partial charge in [0.1, 0.15) is 0 Å². The average Bonchev–Trinajstić information content (AvgIpc) is 3.60. The summed E-state index contributed by atoms with van der Waals surface area (Å²) in [5.41, 5.74) is 0.370. The number of ketones is 4. The lowest BCUT2D eigenvalue weighted by Gasteiger charge is -2.26. The molecule has 6 rings (SSSR count). The maximum atomic E-state index is 13.8. The molecule has 42 heavy (non-hydrogen) atoms. The van der Waals surface area contributed by atoms with Crippen molar-refractivity contribution in [2.24, 2.45) is 5.41 Å². The molecule has 8 heteroatoms. The fraction of sp³-hybridized carbons (Fsp3) is 0.118. The molecule has 2 heterocycles. The molecular weight excluding hydrogens is 536 g/mol. The van der Waals surface area contributed by atoms with Gasteiger partial charge in [0, 0.05) is 40.8 Å². The van der Waals surface area contributed by atoms with Crippen LogP contribution in [0.25, 0.3) is 0 Å². The SMILES string of the molecule is C#CCCC(C)(C(=O)c1ccc(C(=O)c2ccc3cc2OO3)cc1)C(=O)c1ccc(C(=O)c2ccc3cc2OO3)cc1. The van der Waals surface area contributed by atoms with E-state index in [0.29, 0.717) is 45.3 Å². The van der Waals surface area contributed by atoms with Crippen molar-refractivity contribution in [1.82, 2.24) is 0 Å². The number of terminal acetylenes is 1. The highest BCUT2D eigenvalue weighted by molar-refractivity contribution is 6.20. The predicted octanol–water partition coefficient (Wildman–Crippen LogP) is 6.01. The zero-order valence-electron chi connectivity index (χ0n) is 22.3. The molecule has 0 spiro atoms. The van der Waals surface area contributed by atoms with Crippen molar-refractivity contribution in [3.63, 3.8) is 0 Å². The topological polar surface area (TPSA) is 105 Å². The molecule has 4 aromatic carbocycles. The molecule has 4 aromatic rings. The van der Waals surface area contributed by atoms with E-state index in [4.69, 9.17) is 26.0 Å². The summed E-state index contributed by atoms with van der Waals surface area (Å²) in [6.45, 7) is 1.56. The number of carbonyl (C=O) groups is 4. The maximum Gasteiger partial charge on any atom is 0.196 e. The first kappa shape index (κ1) is 26.5. The van der Waals surface area contributed by atoms with Crippen molar-refractivity contribution < 1.29 is 38.7 Å². The average molecular weight is 559 g/mol. The molecule has 4 bridgehead atoms. The third kappa shape index (κ3) is 4.57. The molecule has 0 atom stereocenters. The summed E-state index contributed by atoms with van der Waals surface area (Å²) in [7, 11) is 0. The standard InChI is InChI=1S/C34H22O8/c1-3-4-17-34(2,32(37)22-9-5-20(6-10-22)30(35)26-15-13-24-18-28(26)41-39-24)33(38)23-11-7-21(8-12-23)31(36)27-16-14-25-19-29(27)42-40-25/h1,5-16,18-19H,4,17H2,2H3. The summed E-state index contributed by atoms with van der Waals surface area (Å²) >= 11 is 0. The van der Waals surface area contributed by atoms with Gasteiger partial charge in [-0.1, -0.05) is 48.5 Å². The number of Topliss-reactive ketones (excluding diaryl/α,β-unsaturated/α-hetero) is 2. The Labute approximate surface area is 240 Å². The smallest absolute Gasteiger partial charge is 0.196 e. The third-order valence-corrected chi connectivity index (χ3v) is 7.44. The monoisotopic (exact) mass is 558 g/mol. The van der Waals surface area contributed by atoms with E-state index in [2.05, 4.69) is 5.92 Å². The van der Waals surface area contributed by atoms with Crippen molar-refractivity contribution in [2.75, 3.05) is 0 Å². The van der Waals surface area contributed by atoms with Crippen LogP contribution in [0.3, 0.4) is 0 Å². The second-order valence-electron chi connectivity index (χ2n) is 10.2. The van der Waals surface area contributed by atoms with Crippen molar-refractivity contribution in [3.8, 4) is 35.3 Å². The molecule has 0 fully saturated rings. The zero-order valence-corrected chi connectivity index (χ0v) is 22.3. The number of fused-ring (bicyclic) bond motifs is 4. The van der Waals surface area contributed by atoms with Crippen molar-refractivity contribution in [3.05, 3.63) is 118 Å². The summed E-state index contributed by atoms with van der Waals surface area (Å²) in [5, 5.41) is 0. The van der Waals surface area contributed by atoms with E-state index < -0.39 is 17.0 Å². The first-order valence-corrected chi connectivity index (χ1v) is 13.1. The van der Waals surface area contributed by atoms with Crippen LogP contribution in [0.5, 0.6) is 23.0 Å². The Hall–Kier alpha value is -5.68. The number of carbonyl (C=O) groups excluding carboxylic acids is 4. The normalized spacial score (nSPS) is 12.3. The van der Waals surface area contributed by atoms with Gasteiger partial charge >= 0.3 is 0 Å². The molecule has 0 radical (unpaired) electrons. The molecule has 0 aliphatic carbocycles. The van der Waals surface area contributed by atoms with Gasteiger partial charge in [-0.3, -0.25) is 38.7 Å². The van der Waals surface area contributed by atoms with Gasteiger partial charge in [0.25, 0.3) is 0 Å². The van der Waals surface area contributed by atoms with Crippen LogP contribution in [0.4, 0.5) is 0 Å². The summed E-state index contributed by atoms with van der Waals surface area (Å²) in [6, 6.07) is 21.9. The molecule has 0 amide bonds. The second-order valence-corrected chi connectivity index (χ2v) is 10.2. The minimum Gasteiger partial charge on any atom is -0.293 e. The molecule has 0 saturated carbocycles. The predicted molar refractivity (Wildman–Crippen MR) is 150 cm³/mol. The lowest BCUT2D eigenvalue weighted by molar-refractivity contribution is -0.0849. The van der Waals surface area contributed by atoms with Gasteiger partial charge in [-0.15, -0.1) is 12.3 Å². The first-order chi connectivity index (χ1) is 20.3. The van der Waals surface area contributed by atoms with E-state index in [1.54, 1.807) is 43.3 Å². The van der Waals surface area contributed by atoms with Gasteiger partial charge in [-0.2, -0.15) is 0 Å². The molecule has 0 N–H and O–H groups in total. The van der Waals surface area contributed by atoms with Gasteiger partial charge in [0.05, 0.1) is 16.5 Å². The maximum absolute atomic E-state index is 13.8. The molecule has 206 valence electrons. The highest BCUT2D eigenvalue weighted by atomic mass is 17.2. The van der Waals surface area contributed by atoms with Crippen LogP contribution in [-0.4, -0.2) is 23.1 Å². The molecule has 0 unspecified atom stereocenters. The van der Waals surface area contributed by atoms with Crippen molar-refractivity contribution >= 4 is 23.1 Å². The van der Waals surface area contributed by atoms with Crippen molar-refractivity contribution in [2.45, 2.75) is 19.8 Å². The Balaban J connectivity index is 1.23. The fourth-order valence-corrected chi connectivity index (χ4v) is 4.95. The molecule has 2 aliphatic heterocycles. The molecule has 2 aliphatic rings. The van der Waals surface area contributed by atoms with Crippen LogP contribution in [-0.2, 0) is 0 Å². The number of hydrogen-bond acceptors (Lipinski definition) is 8. The minimum atomic E-state index is -1.48. The van der Waals surface area contributed by atoms with E-state index in [9.17, 15) is 19.2 Å². The van der Waals surface area contributed by atoms with Crippen molar-refractivity contribution in [1.29, 1.82) is 0 Å². The minimum absolute atomic E-state index is 0.114. The lowest BCUT2D eigenvalue weighted by atomic mass is 9.72. The molecular formula is C34H22O8. The number of benzene rings is 4. The van der Waals surface area contributed by atoms with E-state index in [1.165, 1.54) is 48.5 Å². The Morgan fingerprint density at radius 1 is 0.619 bits per heavy atom. The van der Waals surface area contributed by atoms with Gasteiger partial charge in [0.2, 0.25) is 0 Å². The molecule has 0 saturated heterocycles. The lowest BCUT2D eigenvalue weighted by Crippen LogP contribution is -2.37. The first-order valence-electron chi connectivity index (χ1n) is 13.1. The van der Waals surface area contributed by atoms with Crippen LogP contribution < -0.4 is 19.6 Å². The highest BCUT2D eigenvalue weighted by Crippen LogP contribution is 2.36. The van der Waals surface area contributed by atoms with Gasteiger partial charge < -0.3 is 0 Å². The third-order valence-electron chi connectivity index (χ3n) is 7.44. The van der Waals surface area contributed by atoms with Gasteiger partial charge in [-0.05, 0) is 37.6 Å². The zero-order chi connectivity index (χ0) is 29.4. The number of hydrogen-bond donors (Lipinski definition) is 0. The Morgan fingerprint density at radius 3 is 1.43 bits per heavy atom. The van der Waals surface area contributed by atoms with Gasteiger partial charge in [0.15, 0.2) is 46.1 Å². The van der Waals surface area contributed by atoms with Crippen LogP contribution in [0, 0.1) is 17.8 Å². The summed E-state index contributed by atoms with van der Waals surface area (Å²) in [4.78, 5) is 73.7. The molecule has 8 nitrogen and oxygen atoms in total. The van der Waals surface area contributed by atoms with E-state index in [1.807, 2.05) is 0 Å². The van der Waals surface area contributed by atoms with Crippen LogP contribution in [0.15, 0.2) is 84.9 Å². The van der Waals surface area contributed by atoms with Crippen LogP contribution in [0.2, 0.25) is 0 Å². The Kier molecular flexibility index (Phi) is 6.56. The van der Waals surface area contributed by atoms with E-state index in [-0.39, 0.29) is 35.5 Å². The Morgan fingerprint density at radius 2 is 1.02 bits per heavy atom. The fourth-order valence-electron chi connectivity index (χ4n) is 4.95. The highest BCUT2D eigenvalue weighted by Gasteiger charge is 2.41. The van der Waals surface area contributed by atoms with Crippen LogP contribution in [0.1, 0.15) is 72.3 Å². The molecule has 0 aromatic heterocycles. The summed E-state index contributed by atoms with van der Waals surface area (Å²) < 4.78 is 0. The second kappa shape index (κ2) is 10.4. The summed E-state index contributed by atoms with van der Waals surface area (Å²) in [6.07, 6.45) is 5.81. The van der Waals surface area contributed by atoms with E-state index >= 15 is 0 Å². The quantitative estimate of drug-likeness (QED) is 0.101. The summed E-state index contributed by atoms with van der Waals surface area (Å²) in [5.74, 6) is 2.70. The van der Waals surface area contributed by atoms with Gasteiger partial charge in [-0.25, -0.2) is 0 Å². The van der Waals surface area contributed by atoms with Crippen LogP contribution >= 0.6 is 0 Å². The number of rotatable bonds is 10. The van der Waals surface area contributed by atoms with E-state index in [0.717, 1.165) is 0 Å².